The molecule has 0 spiro atoms. The van der Waals surface area contributed by atoms with E-state index in [0.717, 1.165) is 28.6 Å². The van der Waals surface area contributed by atoms with Gasteiger partial charge >= 0.3 is 0 Å². The minimum atomic E-state index is 0.0185. The van der Waals surface area contributed by atoms with Gasteiger partial charge in [0.1, 0.15) is 0 Å². The second-order valence-electron chi connectivity index (χ2n) is 7.87. The molecule has 3 heteroatoms. The van der Waals surface area contributed by atoms with E-state index in [0.29, 0.717) is 6.42 Å². The summed E-state index contributed by atoms with van der Waals surface area (Å²) in [5, 5.41) is 4.32. The molecule has 3 nitrogen and oxygen atoms in total. The lowest BCUT2D eigenvalue weighted by Crippen LogP contribution is -2.38. The summed E-state index contributed by atoms with van der Waals surface area (Å²) in [6.45, 7) is 8.58. The lowest BCUT2D eigenvalue weighted by molar-refractivity contribution is -0.121. The van der Waals surface area contributed by atoms with Crippen LogP contribution in [-0.2, 0) is 16.6 Å². The van der Waals surface area contributed by atoms with Gasteiger partial charge < -0.3 is 10.3 Å². The molecular formula is C23H28N2O. The maximum absolute atomic E-state index is 12.6. The Morgan fingerprint density at radius 2 is 1.73 bits per heavy atom. The molecule has 2 aromatic carbocycles. The smallest absolute Gasteiger partial charge is 0.224 e. The van der Waals surface area contributed by atoms with Crippen molar-refractivity contribution in [2.75, 3.05) is 0 Å². The van der Waals surface area contributed by atoms with Gasteiger partial charge in [-0.05, 0) is 42.9 Å². The van der Waals surface area contributed by atoms with Crippen molar-refractivity contribution in [1.82, 2.24) is 10.3 Å². The average molecular weight is 348 g/mol. The first-order valence-electron chi connectivity index (χ1n) is 9.28. The molecule has 0 aliphatic rings. The monoisotopic (exact) mass is 348 g/mol. The minimum absolute atomic E-state index is 0.0185. The molecule has 1 amide bonds. The summed E-state index contributed by atoms with van der Waals surface area (Å²) in [5.74, 6) is 0.0780. The van der Waals surface area contributed by atoms with Crippen molar-refractivity contribution in [1.29, 1.82) is 0 Å². The predicted molar refractivity (Wildman–Crippen MR) is 108 cm³/mol. The van der Waals surface area contributed by atoms with Crippen LogP contribution in [0.3, 0.4) is 0 Å². The maximum atomic E-state index is 12.6. The molecule has 3 aromatic rings. The Labute approximate surface area is 155 Å². The van der Waals surface area contributed by atoms with Crippen LogP contribution in [0.5, 0.6) is 0 Å². The zero-order valence-corrected chi connectivity index (χ0v) is 16.1. The van der Waals surface area contributed by atoms with E-state index in [2.05, 4.69) is 67.5 Å². The van der Waals surface area contributed by atoms with Gasteiger partial charge in [0.05, 0.1) is 6.42 Å². The Balaban J connectivity index is 1.65. The molecule has 1 atom stereocenters. The fraction of sp³-hybridized carbons (Fsp3) is 0.348. The van der Waals surface area contributed by atoms with E-state index in [4.69, 9.17) is 0 Å². The van der Waals surface area contributed by atoms with Crippen LogP contribution in [0.2, 0.25) is 0 Å². The number of aromatic amines is 1. The molecule has 26 heavy (non-hydrogen) atoms. The number of nitrogens with one attached hydrogen (secondary N) is 2. The molecule has 1 aromatic heterocycles. The van der Waals surface area contributed by atoms with Crippen molar-refractivity contribution in [3.05, 3.63) is 71.4 Å². The highest BCUT2D eigenvalue weighted by Crippen LogP contribution is 2.28. The number of benzene rings is 2. The van der Waals surface area contributed by atoms with Crippen LogP contribution in [0.4, 0.5) is 0 Å². The van der Waals surface area contributed by atoms with Crippen molar-refractivity contribution in [3.8, 4) is 0 Å². The highest BCUT2D eigenvalue weighted by Gasteiger charge is 2.24. The minimum Gasteiger partial charge on any atom is -0.358 e. The van der Waals surface area contributed by atoms with E-state index in [1.54, 1.807) is 0 Å². The third-order valence-corrected chi connectivity index (χ3v) is 5.14. The Hall–Kier alpha value is -2.55. The second kappa shape index (κ2) is 7.36. The molecule has 0 saturated heterocycles. The van der Waals surface area contributed by atoms with Gasteiger partial charge in [-0.2, -0.15) is 0 Å². The van der Waals surface area contributed by atoms with Crippen LogP contribution in [0.15, 0.2) is 54.6 Å². The van der Waals surface area contributed by atoms with E-state index in [1.807, 2.05) is 25.1 Å². The highest BCUT2D eigenvalue weighted by molar-refractivity contribution is 5.90. The lowest BCUT2D eigenvalue weighted by atomic mass is 9.79. The number of para-hydroxylation sites is 1. The van der Waals surface area contributed by atoms with E-state index >= 15 is 0 Å². The molecule has 0 radical (unpaired) electrons. The average Bonchev–Trinajstić information content (AvgIpc) is 2.91. The van der Waals surface area contributed by atoms with E-state index < -0.39 is 0 Å². The van der Waals surface area contributed by atoms with Gasteiger partial charge in [-0.1, -0.05) is 62.4 Å². The van der Waals surface area contributed by atoms with Gasteiger partial charge in [-0.15, -0.1) is 0 Å². The van der Waals surface area contributed by atoms with Gasteiger partial charge in [-0.25, -0.2) is 0 Å². The van der Waals surface area contributed by atoms with Gasteiger partial charge in [0.25, 0.3) is 0 Å². The first-order chi connectivity index (χ1) is 12.4. The van der Waals surface area contributed by atoms with Crippen LogP contribution in [0.1, 0.15) is 44.0 Å². The summed E-state index contributed by atoms with van der Waals surface area (Å²) >= 11 is 0. The molecule has 3 rings (SSSR count). The van der Waals surface area contributed by atoms with Crippen LogP contribution in [0.25, 0.3) is 10.9 Å². The molecule has 0 aliphatic heterocycles. The van der Waals surface area contributed by atoms with Gasteiger partial charge in [0.2, 0.25) is 5.91 Å². The number of carbonyl (C=O) groups is 1. The van der Waals surface area contributed by atoms with E-state index in [1.165, 1.54) is 5.56 Å². The fourth-order valence-corrected chi connectivity index (χ4v) is 3.87. The Bertz CT molecular complexity index is 893. The summed E-state index contributed by atoms with van der Waals surface area (Å²) in [6, 6.07) is 18.8. The lowest BCUT2D eigenvalue weighted by Gasteiger charge is -2.29. The Morgan fingerprint density at radius 3 is 2.46 bits per heavy atom. The molecule has 1 unspecified atom stereocenters. The standard InChI is InChI=1S/C23H28N2O/c1-16(15-23(3,4)18-10-6-5-7-11-18)24-22(26)14-20-17(2)25-21-13-9-8-12-19(20)21/h5-13,16,25H,14-15H2,1-4H3,(H,24,26). The van der Waals surface area contributed by atoms with Gasteiger partial charge in [0.15, 0.2) is 0 Å². The van der Waals surface area contributed by atoms with Crippen molar-refractivity contribution in [2.24, 2.45) is 0 Å². The normalized spacial score (nSPS) is 12.9. The topological polar surface area (TPSA) is 44.9 Å². The molecule has 2 N–H and O–H groups in total. The Kier molecular flexibility index (Phi) is 5.17. The summed E-state index contributed by atoms with van der Waals surface area (Å²) in [6.07, 6.45) is 1.31. The zero-order chi connectivity index (χ0) is 18.7. The largest absolute Gasteiger partial charge is 0.358 e. The number of aromatic nitrogens is 1. The van der Waals surface area contributed by atoms with Crippen molar-refractivity contribution in [2.45, 2.75) is 52.0 Å². The zero-order valence-electron chi connectivity index (χ0n) is 16.1. The van der Waals surface area contributed by atoms with Crippen LogP contribution in [-0.4, -0.2) is 16.9 Å². The number of rotatable bonds is 6. The van der Waals surface area contributed by atoms with E-state index in [9.17, 15) is 4.79 Å². The first kappa shape index (κ1) is 18.2. The third kappa shape index (κ3) is 3.98. The Morgan fingerprint density at radius 1 is 1.08 bits per heavy atom. The summed E-state index contributed by atoms with van der Waals surface area (Å²) in [7, 11) is 0. The quantitative estimate of drug-likeness (QED) is 0.654. The van der Waals surface area contributed by atoms with Gasteiger partial charge in [0, 0.05) is 22.6 Å². The molecule has 0 saturated carbocycles. The third-order valence-electron chi connectivity index (χ3n) is 5.14. The molecular weight excluding hydrogens is 320 g/mol. The predicted octanol–water partition coefficient (Wildman–Crippen LogP) is 4.89. The van der Waals surface area contributed by atoms with Crippen LogP contribution in [0, 0.1) is 6.92 Å². The van der Waals surface area contributed by atoms with Gasteiger partial charge in [-0.3, -0.25) is 4.79 Å². The maximum Gasteiger partial charge on any atom is 0.224 e. The van der Waals surface area contributed by atoms with Crippen LogP contribution < -0.4 is 5.32 Å². The molecule has 0 aliphatic carbocycles. The first-order valence-corrected chi connectivity index (χ1v) is 9.28. The summed E-state index contributed by atoms with van der Waals surface area (Å²) in [4.78, 5) is 16.0. The molecule has 0 bridgehead atoms. The fourth-order valence-electron chi connectivity index (χ4n) is 3.87. The number of H-pyrrole nitrogens is 1. The van der Waals surface area contributed by atoms with Crippen molar-refractivity contribution >= 4 is 16.8 Å². The molecule has 136 valence electrons. The number of hydrogen-bond donors (Lipinski definition) is 2. The molecule has 0 fully saturated rings. The van der Waals surface area contributed by atoms with Crippen molar-refractivity contribution < 1.29 is 4.79 Å². The number of carbonyl (C=O) groups excluding carboxylic acids is 1. The van der Waals surface area contributed by atoms with E-state index in [-0.39, 0.29) is 17.4 Å². The SMILES string of the molecule is Cc1[nH]c2ccccc2c1CC(=O)NC(C)CC(C)(C)c1ccccc1. The number of hydrogen-bond acceptors (Lipinski definition) is 1. The summed E-state index contributed by atoms with van der Waals surface area (Å²) in [5.41, 5.74) is 4.57. The molecule has 1 heterocycles. The second-order valence-corrected chi connectivity index (χ2v) is 7.87. The van der Waals surface area contributed by atoms with Crippen molar-refractivity contribution in [3.63, 3.8) is 0 Å². The highest BCUT2D eigenvalue weighted by atomic mass is 16.1. The number of aryl methyl sites for hydroxylation is 1. The van der Waals surface area contributed by atoms with Crippen LogP contribution >= 0.6 is 0 Å². The summed E-state index contributed by atoms with van der Waals surface area (Å²) < 4.78 is 0. The number of fused-ring (bicyclic) bond motifs is 1. The number of amides is 1.